The van der Waals surface area contributed by atoms with Crippen molar-refractivity contribution in [1.29, 1.82) is 0 Å². The van der Waals surface area contributed by atoms with Gasteiger partial charge < -0.3 is 15.0 Å². The average Bonchev–Trinajstić information content (AvgIpc) is 2.91. The van der Waals surface area contributed by atoms with Gasteiger partial charge in [0.05, 0.1) is 12.5 Å². The van der Waals surface area contributed by atoms with Crippen molar-refractivity contribution in [3.63, 3.8) is 0 Å². The van der Waals surface area contributed by atoms with E-state index in [-0.39, 0.29) is 73.2 Å². The first kappa shape index (κ1) is 36.8. The first-order valence-electron chi connectivity index (χ1n) is 14.7. The summed E-state index contributed by atoms with van der Waals surface area (Å²) in [5, 5.41) is 12.2. The molecule has 1 aromatic heterocycles. The van der Waals surface area contributed by atoms with Gasteiger partial charge in [-0.3, -0.25) is 19.3 Å². The number of pyridine rings is 1. The van der Waals surface area contributed by atoms with E-state index in [2.05, 4.69) is 5.32 Å². The third kappa shape index (κ3) is 8.55. The van der Waals surface area contributed by atoms with Gasteiger partial charge in [0.2, 0.25) is 5.91 Å². The van der Waals surface area contributed by atoms with Crippen molar-refractivity contribution in [2.45, 2.75) is 65.2 Å². The number of carbonyl (C=O) groups excluding carboxylic acids is 1. The molecule has 2 N–H and O–H groups in total. The summed E-state index contributed by atoms with van der Waals surface area (Å²) in [6.45, 7) is 7.36. The number of carbonyl (C=O) groups is 2. The molecule has 2 atom stereocenters. The molecule has 0 radical (unpaired) electrons. The second kappa shape index (κ2) is 15.3. The molecular weight excluding hydrogens is 629 g/mol. The molecule has 1 aliphatic heterocycles. The van der Waals surface area contributed by atoms with Crippen molar-refractivity contribution in [2.75, 3.05) is 19.6 Å². The number of benzene rings is 2. The molecular formula is C33H38F5N3O4S. The van der Waals surface area contributed by atoms with Crippen LogP contribution in [-0.4, -0.2) is 52.3 Å². The number of aliphatic carboxylic acids is 1. The van der Waals surface area contributed by atoms with Crippen molar-refractivity contribution < 1.29 is 36.6 Å². The Bertz CT molecular complexity index is 1640. The monoisotopic (exact) mass is 667 g/mol. The van der Waals surface area contributed by atoms with Crippen molar-refractivity contribution in [3.8, 4) is 11.1 Å². The molecule has 46 heavy (non-hydrogen) atoms. The van der Waals surface area contributed by atoms with Crippen LogP contribution in [-0.2, 0) is 16.0 Å². The van der Waals surface area contributed by atoms with E-state index in [4.69, 9.17) is 0 Å². The van der Waals surface area contributed by atoms with Gasteiger partial charge in [0.25, 0.3) is 5.56 Å². The number of likely N-dealkylation sites (tertiary alicyclic amines) is 1. The average molecular weight is 668 g/mol. The lowest BCUT2D eigenvalue weighted by atomic mass is 9.92. The molecule has 1 aliphatic rings. The maximum Gasteiger partial charge on any atom is 0.305 e. The maximum atomic E-state index is 15.6. The van der Waals surface area contributed by atoms with Crippen LogP contribution in [0.2, 0.25) is 0 Å². The number of hydrogen-bond acceptors (Lipinski definition) is 4. The summed E-state index contributed by atoms with van der Waals surface area (Å²) in [7, 11) is 0. The highest BCUT2D eigenvalue weighted by atomic mass is 32.1. The molecule has 2 aromatic carbocycles. The number of nitrogens with zero attached hydrogens (tertiary/aromatic N) is 2. The van der Waals surface area contributed by atoms with Crippen LogP contribution in [0.25, 0.3) is 11.1 Å². The Morgan fingerprint density at radius 1 is 1.00 bits per heavy atom. The van der Waals surface area contributed by atoms with Gasteiger partial charge in [0, 0.05) is 43.0 Å². The quantitative estimate of drug-likeness (QED) is 0.234. The molecule has 0 bridgehead atoms. The van der Waals surface area contributed by atoms with E-state index in [0.29, 0.717) is 18.2 Å². The van der Waals surface area contributed by atoms with Crippen LogP contribution >= 0.6 is 13.5 Å². The molecule has 0 aliphatic carbocycles. The minimum absolute atomic E-state index is 0. The SMILES string of the molecule is Cc1cc(-c2c(C)cc(F)cc2F)cc([C@H](CC(=O)O)NC(=O)C(CC(C)C)n2cc(CCN3CC(F)C3)cc(F)c2=O)c1F.S. The zero-order valence-electron chi connectivity index (χ0n) is 26.0. The highest BCUT2D eigenvalue weighted by Crippen LogP contribution is 2.34. The Labute approximate surface area is 270 Å². The number of aryl methyl sites for hydroxylation is 2. The number of hydrogen-bond donors (Lipinski definition) is 2. The fourth-order valence-electron chi connectivity index (χ4n) is 5.70. The van der Waals surface area contributed by atoms with Gasteiger partial charge in [-0.1, -0.05) is 13.8 Å². The molecule has 4 rings (SSSR count). The first-order valence-corrected chi connectivity index (χ1v) is 14.7. The second-order valence-corrected chi connectivity index (χ2v) is 12.1. The maximum absolute atomic E-state index is 15.6. The van der Waals surface area contributed by atoms with E-state index in [1.807, 2.05) is 4.90 Å². The summed E-state index contributed by atoms with van der Waals surface area (Å²) >= 11 is 0. The predicted molar refractivity (Wildman–Crippen MR) is 169 cm³/mol. The van der Waals surface area contributed by atoms with Crippen molar-refractivity contribution in [1.82, 2.24) is 14.8 Å². The van der Waals surface area contributed by atoms with Crippen LogP contribution < -0.4 is 10.9 Å². The van der Waals surface area contributed by atoms with Gasteiger partial charge in [0.15, 0.2) is 5.82 Å². The Morgan fingerprint density at radius 3 is 2.26 bits per heavy atom. The van der Waals surface area contributed by atoms with Crippen LogP contribution in [0.4, 0.5) is 22.0 Å². The number of amides is 1. The van der Waals surface area contributed by atoms with Gasteiger partial charge >= 0.3 is 5.97 Å². The minimum atomic E-state index is -1.46. The smallest absolute Gasteiger partial charge is 0.305 e. The van der Waals surface area contributed by atoms with E-state index in [1.54, 1.807) is 13.8 Å². The summed E-state index contributed by atoms with van der Waals surface area (Å²) in [6, 6.07) is 2.66. The van der Waals surface area contributed by atoms with Gasteiger partial charge in [-0.15, -0.1) is 0 Å². The van der Waals surface area contributed by atoms with E-state index >= 15 is 4.39 Å². The lowest BCUT2D eigenvalue weighted by Crippen LogP contribution is -2.49. The predicted octanol–water partition coefficient (Wildman–Crippen LogP) is 5.92. The molecule has 7 nitrogen and oxygen atoms in total. The Hall–Kier alpha value is -3.71. The van der Waals surface area contributed by atoms with Gasteiger partial charge in [-0.2, -0.15) is 13.5 Å². The fraction of sp³-hybridized carbons (Fsp3) is 0.424. The molecule has 0 spiro atoms. The largest absolute Gasteiger partial charge is 0.481 e. The summed E-state index contributed by atoms with van der Waals surface area (Å²) < 4.78 is 73.3. The third-order valence-corrected chi connectivity index (χ3v) is 7.91. The summed E-state index contributed by atoms with van der Waals surface area (Å²) in [5.41, 5.74) is -0.522. The Morgan fingerprint density at radius 2 is 1.67 bits per heavy atom. The minimum Gasteiger partial charge on any atom is -0.481 e. The molecule has 3 aromatic rings. The number of rotatable bonds is 12. The first-order chi connectivity index (χ1) is 21.1. The fourth-order valence-corrected chi connectivity index (χ4v) is 5.70. The topological polar surface area (TPSA) is 91.6 Å². The highest BCUT2D eigenvalue weighted by molar-refractivity contribution is 7.59. The zero-order valence-corrected chi connectivity index (χ0v) is 27.0. The molecule has 2 heterocycles. The molecule has 1 amide bonds. The summed E-state index contributed by atoms with van der Waals surface area (Å²) in [5.74, 6) is -6.02. The molecule has 1 fully saturated rings. The Balaban J connectivity index is 0.00000576. The van der Waals surface area contributed by atoms with Crippen LogP contribution in [0.3, 0.4) is 0 Å². The molecule has 0 saturated carbocycles. The standard InChI is InChI=1S/C33H36F5N3O4.H2S/c1-17(2)7-28(41-14-20(10-26(37)33(41)45)5-6-40-15-23(35)16-40)32(44)39-27(13-29(42)43)24-11-21(8-19(4)31(24)38)30-18(3)9-22(34)12-25(30)36;/h8-12,14,17,23,27-28H,5-7,13,15-16H2,1-4H3,(H,39,44)(H,42,43);1H2/t27-,28?;/m0./s1. The van der Waals surface area contributed by atoms with E-state index in [0.717, 1.165) is 16.7 Å². The van der Waals surface area contributed by atoms with Crippen LogP contribution in [0.1, 0.15) is 61.0 Å². The van der Waals surface area contributed by atoms with Gasteiger partial charge in [-0.05, 0) is 79.1 Å². The number of halogens is 5. The van der Waals surface area contributed by atoms with Gasteiger partial charge in [0.1, 0.15) is 29.7 Å². The van der Waals surface area contributed by atoms with Crippen molar-refractivity contribution in [3.05, 3.63) is 92.4 Å². The molecule has 250 valence electrons. The number of aromatic nitrogens is 1. The molecule has 1 unspecified atom stereocenters. The van der Waals surface area contributed by atoms with Crippen LogP contribution in [0.5, 0.6) is 0 Å². The third-order valence-electron chi connectivity index (χ3n) is 7.91. The van der Waals surface area contributed by atoms with Crippen LogP contribution in [0, 0.1) is 43.0 Å². The number of nitrogens with one attached hydrogen (secondary N) is 1. The number of alkyl halides is 1. The lowest BCUT2D eigenvalue weighted by Gasteiger charge is -2.34. The van der Waals surface area contributed by atoms with E-state index < -0.39 is 65.4 Å². The molecule has 1 saturated heterocycles. The number of carboxylic acid groups (broad SMARTS) is 1. The van der Waals surface area contributed by atoms with Crippen LogP contribution in [0.15, 0.2) is 41.3 Å². The second-order valence-electron chi connectivity index (χ2n) is 12.1. The number of carboxylic acids is 1. The molecule has 13 heteroatoms. The zero-order chi connectivity index (χ0) is 33.2. The summed E-state index contributed by atoms with van der Waals surface area (Å²) in [4.78, 5) is 40.5. The van der Waals surface area contributed by atoms with Crippen molar-refractivity contribution in [2.24, 2.45) is 5.92 Å². The van der Waals surface area contributed by atoms with E-state index in [1.165, 1.54) is 32.2 Å². The van der Waals surface area contributed by atoms with Gasteiger partial charge in [-0.25, -0.2) is 22.0 Å². The highest BCUT2D eigenvalue weighted by Gasteiger charge is 2.30. The summed E-state index contributed by atoms with van der Waals surface area (Å²) in [6.07, 6.45) is 0.0350. The van der Waals surface area contributed by atoms with E-state index in [9.17, 15) is 37.1 Å². The normalized spacial score (nSPS) is 14.8. The lowest BCUT2D eigenvalue weighted by molar-refractivity contribution is -0.138. The van der Waals surface area contributed by atoms with Crippen molar-refractivity contribution >= 4 is 25.4 Å². The Kier molecular flexibility index (Phi) is 12.2.